The van der Waals surface area contributed by atoms with Gasteiger partial charge in [-0.2, -0.15) is 4.31 Å². The molecule has 154 valence electrons. The first-order valence-electron chi connectivity index (χ1n) is 8.80. The summed E-state index contributed by atoms with van der Waals surface area (Å²) < 4.78 is 73.6. The number of carbonyl (C=O) groups is 1. The number of hydrogen-bond donors (Lipinski definition) is 0. The van der Waals surface area contributed by atoms with Crippen LogP contribution in [0.3, 0.4) is 0 Å². The molecule has 1 spiro atoms. The largest absolute Gasteiger partial charge is 0.573 e. The summed E-state index contributed by atoms with van der Waals surface area (Å²) in [5.41, 5.74) is 0.0115. The molecular weight excluding hydrogens is 411 g/mol. The van der Waals surface area contributed by atoms with E-state index in [4.69, 9.17) is 4.74 Å². The average molecular weight is 427 g/mol. The normalized spacial score (nSPS) is 22.4. The molecule has 6 nitrogen and oxygen atoms in total. The van der Waals surface area contributed by atoms with Crippen LogP contribution in [0.1, 0.15) is 28.8 Å². The molecule has 29 heavy (non-hydrogen) atoms. The first-order chi connectivity index (χ1) is 13.6. The third kappa shape index (κ3) is 3.58. The maximum absolute atomic E-state index is 13.0. The van der Waals surface area contributed by atoms with Crippen LogP contribution < -0.4 is 4.74 Å². The second-order valence-electron chi connectivity index (χ2n) is 6.89. The van der Waals surface area contributed by atoms with Crippen molar-refractivity contribution in [2.75, 3.05) is 13.1 Å². The number of hydrogen-bond acceptors (Lipinski definition) is 5. The van der Waals surface area contributed by atoms with Gasteiger partial charge in [-0.25, -0.2) is 13.2 Å². The summed E-state index contributed by atoms with van der Waals surface area (Å²) in [4.78, 5) is 12.1. The van der Waals surface area contributed by atoms with Gasteiger partial charge in [-0.3, -0.25) is 0 Å². The second kappa shape index (κ2) is 6.74. The summed E-state index contributed by atoms with van der Waals surface area (Å²) in [5, 5.41) is 0. The third-order valence-corrected chi connectivity index (χ3v) is 6.90. The first-order valence-corrected chi connectivity index (χ1v) is 10.2. The molecule has 0 saturated carbocycles. The number of rotatable bonds is 3. The molecule has 2 aliphatic heterocycles. The molecule has 2 aromatic carbocycles. The maximum atomic E-state index is 13.0. The highest BCUT2D eigenvalue weighted by atomic mass is 32.2. The molecule has 0 aliphatic carbocycles. The zero-order chi connectivity index (χ0) is 20.9. The van der Waals surface area contributed by atoms with Crippen molar-refractivity contribution in [2.45, 2.75) is 29.7 Å². The number of piperidine rings is 1. The van der Waals surface area contributed by atoms with Crippen molar-refractivity contribution in [3.8, 4) is 5.75 Å². The van der Waals surface area contributed by atoms with Crippen molar-refractivity contribution in [3.63, 3.8) is 0 Å². The van der Waals surface area contributed by atoms with Gasteiger partial charge >= 0.3 is 12.3 Å². The Labute approximate surface area is 164 Å². The smallest absolute Gasteiger partial charge is 0.449 e. The molecule has 0 aromatic heterocycles. The fourth-order valence-electron chi connectivity index (χ4n) is 3.80. The van der Waals surface area contributed by atoms with Crippen molar-refractivity contribution in [2.24, 2.45) is 0 Å². The van der Waals surface area contributed by atoms with Crippen LogP contribution in [0.2, 0.25) is 0 Å². The summed E-state index contributed by atoms with van der Waals surface area (Å²) in [6, 6.07) is 10.9. The molecule has 0 radical (unpaired) electrons. The van der Waals surface area contributed by atoms with Gasteiger partial charge in [-0.1, -0.05) is 18.2 Å². The van der Waals surface area contributed by atoms with E-state index < -0.39 is 33.7 Å². The van der Waals surface area contributed by atoms with E-state index in [2.05, 4.69) is 4.74 Å². The Morgan fingerprint density at radius 2 is 1.76 bits per heavy atom. The number of benzene rings is 2. The molecule has 1 fully saturated rings. The van der Waals surface area contributed by atoms with E-state index in [0.717, 1.165) is 24.3 Å². The number of sulfonamides is 1. The minimum absolute atomic E-state index is 0.0567. The Morgan fingerprint density at radius 3 is 2.45 bits per heavy atom. The van der Waals surface area contributed by atoms with Crippen LogP contribution in [0, 0.1) is 0 Å². The van der Waals surface area contributed by atoms with E-state index >= 15 is 0 Å². The third-order valence-electron chi connectivity index (χ3n) is 5.04. The topological polar surface area (TPSA) is 72.9 Å². The number of carbonyl (C=O) groups excluding carboxylic acids is 1. The van der Waals surface area contributed by atoms with Crippen LogP contribution in [-0.2, 0) is 20.4 Å². The highest BCUT2D eigenvalue weighted by Crippen LogP contribution is 2.43. The summed E-state index contributed by atoms with van der Waals surface area (Å²) in [6.07, 6.45) is -3.91. The van der Waals surface area contributed by atoms with E-state index in [1.807, 2.05) is 0 Å². The molecule has 0 bridgehead atoms. The molecule has 4 rings (SSSR count). The standard InChI is InChI=1S/C19H16F3NO5S/c20-19(21,22)27-13-6-8-14(9-7-13)29(25,26)23-11-3-10-18(12-23)16-5-2-1-4-15(16)17(24)28-18/h1-2,4-9H,3,10-12H2/t18-/m0/s1. The van der Waals surface area contributed by atoms with Gasteiger partial charge in [-0.15, -0.1) is 13.2 Å². The summed E-state index contributed by atoms with van der Waals surface area (Å²) >= 11 is 0. The van der Waals surface area contributed by atoms with Gasteiger partial charge in [0.15, 0.2) is 5.60 Å². The van der Waals surface area contributed by atoms with Gasteiger partial charge in [0.25, 0.3) is 0 Å². The highest BCUT2D eigenvalue weighted by molar-refractivity contribution is 7.89. The van der Waals surface area contributed by atoms with Crippen LogP contribution in [-0.4, -0.2) is 38.1 Å². The van der Waals surface area contributed by atoms with Crippen LogP contribution in [0.25, 0.3) is 0 Å². The van der Waals surface area contributed by atoms with Gasteiger partial charge in [-0.05, 0) is 43.2 Å². The van der Waals surface area contributed by atoms with E-state index in [0.29, 0.717) is 24.0 Å². The predicted octanol–water partition coefficient (Wildman–Crippen LogP) is 3.44. The van der Waals surface area contributed by atoms with Gasteiger partial charge in [0.2, 0.25) is 10.0 Å². The number of ether oxygens (including phenoxy) is 2. The Balaban J connectivity index is 1.61. The number of fused-ring (bicyclic) bond motifs is 2. The highest BCUT2D eigenvalue weighted by Gasteiger charge is 2.50. The van der Waals surface area contributed by atoms with Crippen molar-refractivity contribution in [3.05, 3.63) is 59.7 Å². The zero-order valence-electron chi connectivity index (χ0n) is 15.0. The van der Waals surface area contributed by atoms with Crippen LogP contribution >= 0.6 is 0 Å². The molecule has 0 amide bonds. The Kier molecular flexibility index (Phi) is 4.58. The number of nitrogens with zero attached hydrogens (tertiary/aromatic N) is 1. The number of halogens is 3. The molecular formula is C19H16F3NO5S. The summed E-state index contributed by atoms with van der Waals surface area (Å²) in [6.45, 7) is 0.156. The van der Waals surface area contributed by atoms with Crippen LogP contribution in [0.4, 0.5) is 13.2 Å². The summed E-state index contributed by atoms with van der Waals surface area (Å²) in [5.74, 6) is -1.00. The molecule has 2 aliphatic rings. The Morgan fingerprint density at radius 1 is 1.07 bits per heavy atom. The lowest BCUT2D eigenvalue weighted by Gasteiger charge is -2.38. The van der Waals surface area contributed by atoms with Gasteiger partial charge < -0.3 is 9.47 Å². The second-order valence-corrected chi connectivity index (χ2v) is 8.83. The van der Waals surface area contributed by atoms with Gasteiger partial charge in [0, 0.05) is 12.1 Å². The molecule has 0 unspecified atom stereocenters. The van der Waals surface area contributed by atoms with E-state index in [-0.39, 0.29) is 18.0 Å². The Bertz CT molecular complexity index is 1050. The van der Waals surface area contributed by atoms with Crippen molar-refractivity contribution >= 4 is 16.0 Å². The van der Waals surface area contributed by atoms with Crippen molar-refractivity contribution < 1.29 is 35.9 Å². The zero-order valence-corrected chi connectivity index (χ0v) is 15.8. The van der Waals surface area contributed by atoms with E-state index in [1.165, 1.54) is 4.31 Å². The minimum atomic E-state index is -4.86. The average Bonchev–Trinajstić information content (AvgIpc) is 2.93. The van der Waals surface area contributed by atoms with Crippen molar-refractivity contribution in [1.82, 2.24) is 4.31 Å². The fourth-order valence-corrected chi connectivity index (χ4v) is 5.33. The van der Waals surface area contributed by atoms with E-state index in [1.54, 1.807) is 24.3 Å². The van der Waals surface area contributed by atoms with Gasteiger partial charge in [0.05, 0.1) is 17.0 Å². The molecule has 10 heteroatoms. The SMILES string of the molecule is O=C1O[C@]2(CCCN(S(=O)(=O)c3ccc(OC(F)(F)F)cc3)C2)c2ccccc21. The quantitative estimate of drug-likeness (QED) is 0.702. The number of alkyl halides is 3. The number of esters is 1. The molecule has 0 N–H and O–H groups in total. The lowest BCUT2D eigenvalue weighted by atomic mass is 9.86. The lowest BCUT2D eigenvalue weighted by Crippen LogP contribution is -2.48. The van der Waals surface area contributed by atoms with E-state index in [9.17, 15) is 26.4 Å². The van der Waals surface area contributed by atoms with Crippen molar-refractivity contribution in [1.29, 1.82) is 0 Å². The molecule has 2 aromatic rings. The van der Waals surface area contributed by atoms with Crippen LogP contribution in [0.5, 0.6) is 5.75 Å². The fraction of sp³-hybridized carbons (Fsp3) is 0.316. The minimum Gasteiger partial charge on any atom is -0.449 e. The monoisotopic (exact) mass is 427 g/mol. The molecule has 1 atom stereocenters. The Hall–Kier alpha value is -2.59. The predicted molar refractivity (Wildman–Crippen MR) is 94.7 cm³/mol. The molecule has 2 heterocycles. The summed E-state index contributed by atoms with van der Waals surface area (Å²) in [7, 11) is -4.00. The lowest BCUT2D eigenvalue weighted by molar-refractivity contribution is -0.274. The molecule has 1 saturated heterocycles. The maximum Gasteiger partial charge on any atom is 0.573 e. The van der Waals surface area contributed by atoms with Gasteiger partial charge in [0.1, 0.15) is 5.75 Å². The first kappa shape index (κ1) is 19.7. The van der Waals surface area contributed by atoms with Crippen LogP contribution in [0.15, 0.2) is 53.4 Å².